The number of ketones is 2. The maximum atomic E-state index is 13.2. The predicted molar refractivity (Wildman–Crippen MR) is 248 cm³/mol. The first-order chi connectivity index (χ1) is 32.0. The number of benzene rings is 4. The van der Waals surface area contributed by atoms with Crippen LogP contribution >= 0.6 is 0 Å². The van der Waals surface area contributed by atoms with Crippen LogP contribution in [0.2, 0.25) is 0 Å². The second kappa shape index (κ2) is 18.2. The van der Waals surface area contributed by atoms with Crippen LogP contribution in [0, 0.1) is 13.8 Å². The topological polar surface area (TPSA) is 232 Å². The number of imidazole rings is 2. The zero-order valence-electron chi connectivity index (χ0n) is 36.1. The van der Waals surface area contributed by atoms with Gasteiger partial charge in [0.1, 0.15) is 36.9 Å². The molecule has 2 fully saturated rings. The van der Waals surface area contributed by atoms with Gasteiger partial charge in [0.25, 0.3) is 11.8 Å². The number of rotatable bonds is 12. The van der Waals surface area contributed by atoms with E-state index in [0.717, 1.165) is 59.1 Å². The van der Waals surface area contributed by atoms with Crippen LogP contribution in [0.15, 0.2) is 135 Å². The zero-order chi connectivity index (χ0) is 45.9. The molecule has 2 amide bonds. The molecule has 4 heterocycles. The molecule has 6 N–H and O–H groups in total. The molecule has 16 nitrogen and oxygen atoms in total. The highest BCUT2D eigenvalue weighted by Crippen LogP contribution is 2.28. The van der Waals surface area contributed by atoms with E-state index in [1.165, 1.54) is 25.3 Å². The fourth-order valence-corrected chi connectivity index (χ4v) is 7.31. The lowest BCUT2D eigenvalue weighted by Gasteiger charge is -2.12. The molecule has 4 aromatic heterocycles. The Kier molecular flexibility index (Phi) is 11.8. The molecule has 2 aliphatic rings. The quantitative estimate of drug-likeness (QED) is 0.0941. The number of nitrogens with two attached hydrogens (primary N) is 2. The van der Waals surface area contributed by atoms with Gasteiger partial charge in [-0.25, -0.2) is 29.9 Å². The van der Waals surface area contributed by atoms with Crippen molar-refractivity contribution in [3.05, 3.63) is 180 Å². The van der Waals surface area contributed by atoms with Crippen molar-refractivity contribution in [2.45, 2.75) is 51.6 Å². The highest BCUT2D eigenvalue weighted by molar-refractivity contribution is 6.12. The Morgan fingerprint density at radius 2 is 0.909 bits per heavy atom. The first-order valence-corrected chi connectivity index (χ1v) is 21.3. The van der Waals surface area contributed by atoms with Crippen molar-refractivity contribution in [1.29, 1.82) is 0 Å². The highest BCUT2D eigenvalue weighted by Gasteiger charge is 2.26. The third-order valence-electron chi connectivity index (χ3n) is 11.4. The number of nitrogens with zero attached hydrogens (tertiary/aromatic N) is 8. The van der Waals surface area contributed by atoms with Gasteiger partial charge in [-0.2, -0.15) is 0 Å². The first-order valence-electron chi connectivity index (χ1n) is 21.3. The van der Waals surface area contributed by atoms with Gasteiger partial charge in [0, 0.05) is 70.3 Å². The molecular weight excluding hydrogens is 833 g/mol. The summed E-state index contributed by atoms with van der Waals surface area (Å²) in [7, 11) is 0. The summed E-state index contributed by atoms with van der Waals surface area (Å²) in [5.74, 6) is -0.367. The summed E-state index contributed by atoms with van der Waals surface area (Å²) in [5.41, 5.74) is 21.5. The minimum Gasteiger partial charge on any atom is -0.383 e. The molecule has 0 spiro atoms. The van der Waals surface area contributed by atoms with Crippen LogP contribution in [-0.4, -0.2) is 74.5 Å². The summed E-state index contributed by atoms with van der Waals surface area (Å²) < 4.78 is 3.29. The number of aryl methyl sites for hydroxylation is 2. The fourth-order valence-electron chi connectivity index (χ4n) is 7.31. The number of amides is 2. The Hall–Kier alpha value is -8.66. The molecule has 4 aromatic carbocycles. The molecule has 0 atom stereocenters. The molecule has 2 saturated carbocycles. The monoisotopic (exact) mass is 876 g/mol. The fraction of sp³-hybridized carbons (Fsp3) is 0.160. The van der Waals surface area contributed by atoms with Gasteiger partial charge in [-0.1, -0.05) is 48.5 Å². The molecule has 0 bridgehead atoms. The lowest BCUT2D eigenvalue weighted by Crippen LogP contribution is -2.25. The second-order valence-electron chi connectivity index (χ2n) is 16.3. The van der Waals surface area contributed by atoms with Crippen molar-refractivity contribution < 1.29 is 19.2 Å². The van der Waals surface area contributed by atoms with Crippen molar-refractivity contribution in [3.8, 4) is 33.6 Å². The molecule has 0 radical (unpaired) electrons. The minimum atomic E-state index is -0.287. The Bertz CT molecular complexity index is 2930. The molecule has 0 saturated heterocycles. The Morgan fingerprint density at radius 1 is 0.515 bits per heavy atom. The number of carbonyl (C=O) groups excluding carboxylic acids is 4. The molecule has 0 unspecified atom stereocenters. The van der Waals surface area contributed by atoms with Crippen molar-refractivity contribution in [3.63, 3.8) is 0 Å². The normalized spacial score (nSPS) is 13.0. The summed E-state index contributed by atoms with van der Waals surface area (Å²) in [5, 5.41) is 5.98. The highest BCUT2D eigenvalue weighted by atomic mass is 16.2. The van der Waals surface area contributed by atoms with E-state index in [1.54, 1.807) is 94.6 Å². The van der Waals surface area contributed by atoms with Crippen LogP contribution in [0.25, 0.3) is 33.6 Å². The van der Waals surface area contributed by atoms with Crippen LogP contribution in [0.4, 0.5) is 11.6 Å². The Balaban J connectivity index is 0.000000166. The number of aromatic nitrogens is 8. The SMILES string of the molecule is Cc1ccc(C(=O)NC2CC2)cc1-n1cnc(C(=O)c2cccc(-c3cncnc3)c2)c1N.Cc1ccc(C(=O)NC2CC2)cc1-n1cnc(C(=O)c2cccc(-c3cncnc3)c2)c1N. The van der Waals surface area contributed by atoms with E-state index in [0.29, 0.717) is 33.6 Å². The third-order valence-corrected chi connectivity index (χ3v) is 11.4. The summed E-state index contributed by atoms with van der Waals surface area (Å²) in [6.45, 7) is 3.84. The van der Waals surface area contributed by atoms with Gasteiger partial charge in [0.15, 0.2) is 11.4 Å². The van der Waals surface area contributed by atoms with Crippen molar-refractivity contribution in [1.82, 2.24) is 49.7 Å². The van der Waals surface area contributed by atoms with Crippen LogP contribution in [0.5, 0.6) is 0 Å². The lowest BCUT2D eigenvalue weighted by atomic mass is 10.0. The number of nitrogen functional groups attached to an aromatic ring is 2. The van der Waals surface area contributed by atoms with E-state index < -0.39 is 0 Å². The average Bonchev–Trinajstić information content (AvgIpc) is 4.28. The van der Waals surface area contributed by atoms with E-state index in [9.17, 15) is 19.2 Å². The van der Waals surface area contributed by atoms with Gasteiger partial charge >= 0.3 is 0 Å². The molecule has 16 heteroatoms. The number of hydrogen-bond acceptors (Lipinski definition) is 12. The summed E-state index contributed by atoms with van der Waals surface area (Å²) in [4.78, 5) is 76.2. The molecular formula is C50H44N12O4. The summed E-state index contributed by atoms with van der Waals surface area (Å²) in [6.07, 6.45) is 16.8. The van der Waals surface area contributed by atoms with Crippen LogP contribution < -0.4 is 22.1 Å². The van der Waals surface area contributed by atoms with Crippen LogP contribution in [-0.2, 0) is 0 Å². The molecule has 10 rings (SSSR count). The lowest BCUT2D eigenvalue weighted by molar-refractivity contribution is 0.0942. The number of hydrogen-bond donors (Lipinski definition) is 4. The van der Waals surface area contributed by atoms with Gasteiger partial charge in [0.05, 0.1) is 11.4 Å². The third kappa shape index (κ3) is 9.19. The van der Waals surface area contributed by atoms with Gasteiger partial charge < -0.3 is 22.1 Å². The summed E-state index contributed by atoms with van der Waals surface area (Å²) >= 11 is 0. The van der Waals surface area contributed by atoms with Crippen molar-refractivity contribution in [2.75, 3.05) is 11.5 Å². The van der Waals surface area contributed by atoms with E-state index >= 15 is 0 Å². The molecule has 66 heavy (non-hydrogen) atoms. The van der Waals surface area contributed by atoms with E-state index in [1.807, 2.05) is 38.1 Å². The maximum absolute atomic E-state index is 13.2. The van der Waals surface area contributed by atoms with E-state index in [-0.39, 0.29) is 58.5 Å². The zero-order valence-corrected chi connectivity index (χ0v) is 36.1. The minimum absolute atomic E-state index is 0.115. The Labute approximate surface area is 379 Å². The van der Waals surface area contributed by atoms with Crippen molar-refractivity contribution >= 4 is 35.0 Å². The van der Waals surface area contributed by atoms with E-state index in [2.05, 4.69) is 40.5 Å². The molecule has 0 aliphatic heterocycles. The standard InChI is InChI=1S/2C25H22N6O2/c2*1-15-5-6-18(25(33)30-20-7-8-20)10-21(15)31-14-29-22(24(31)26)23(32)17-4-2-3-16(9-17)19-11-27-13-28-12-19/h2*2-6,9-14,20H,7-8,26H2,1H3,(H,30,33). The number of anilines is 2. The predicted octanol–water partition coefficient (Wildman–Crippen LogP) is 6.69. The van der Waals surface area contributed by atoms with Crippen LogP contribution in [0.1, 0.15) is 89.6 Å². The number of carbonyl (C=O) groups is 4. The maximum Gasteiger partial charge on any atom is 0.251 e. The molecule has 2 aliphatic carbocycles. The smallest absolute Gasteiger partial charge is 0.251 e. The average molecular weight is 877 g/mol. The second-order valence-corrected chi connectivity index (χ2v) is 16.3. The summed E-state index contributed by atoms with van der Waals surface area (Å²) in [6, 6.07) is 25.7. The van der Waals surface area contributed by atoms with Gasteiger partial charge in [-0.15, -0.1) is 0 Å². The Morgan fingerprint density at radius 3 is 1.29 bits per heavy atom. The molecule has 328 valence electrons. The molecule has 8 aromatic rings. The van der Waals surface area contributed by atoms with Gasteiger partial charge in [0.2, 0.25) is 11.6 Å². The first kappa shape index (κ1) is 42.6. The van der Waals surface area contributed by atoms with Crippen molar-refractivity contribution in [2.24, 2.45) is 0 Å². The van der Waals surface area contributed by atoms with Gasteiger partial charge in [-0.05, 0) is 98.2 Å². The number of nitrogens with one attached hydrogen (secondary N) is 2. The van der Waals surface area contributed by atoms with Gasteiger partial charge in [-0.3, -0.25) is 28.3 Å². The van der Waals surface area contributed by atoms with Crippen LogP contribution in [0.3, 0.4) is 0 Å². The largest absolute Gasteiger partial charge is 0.383 e. The van der Waals surface area contributed by atoms with E-state index in [4.69, 9.17) is 11.5 Å².